The van der Waals surface area contributed by atoms with Crippen molar-refractivity contribution >= 4 is 35.0 Å². The molecule has 9 heteroatoms. The molecule has 8 nitrogen and oxygen atoms in total. The number of benzene rings is 1. The molecule has 1 aromatic rings. The van der Waals surface area contributed by atoms with E-state index in [-0.39, 0.29) is 24.3 Å². The number of hydrogen-bond donors (Lipinski definition) is 1. The third kappa shape index (κ3) is 4.68. The van der Waals surface area contributed by atoms with Crippen molar-refractivity contribution in [2.45, 2.75) is 69.6 Å². The molecule has 3 amide bonds. The van der Waals surface area contributed by atoms with E-state index >= 15 is 0 Å². The van der Waals surface area contributed by atoms with Crippen LogP contribution in [0.2, 0.25) is 5.02 Å². The normalized spacial score (nSPS) is 31.4. The Morgan fingerprint density at radius 1 is 0.900 bits per heavy atom. The highest BCUT2D eigenvalue weighted by atomic mass is 35.5. The molecule has 2 fully saturated rings. The van der Waals surface area contributed by atoms with Gasteiger partial charge < -0.3 is 24.5 Å². The summed E-state index contributed by atoms with van der Waals surface area (Å²) in [4.78, 5) is 48.2. The van der Waals surface area contributed by atoms with Gasteiger partial charge in [0.2, 0.25) is 11.8 Å². The van der Waals surface area contributed by atoms with Crippen molar-refractivity contribution < 1.29 is 24.2 Å². The Morgan fingerprint density at radius 3 is 2.33 bits per heavy atom. The molecule has 216 valence electrons. The third-order valence-corrected chi connectivity index (χ3v) is 9.21. The molecule has 0 aromatic heterocycles. The number of halogens is 1. The molecule has 0 bridgehead atoms. The highest BCUT2D eigenvalue weighted by Crippen LogP contribution is 2.58. The minimum absolute atomic E-state index is 0.0767. The quantitative estimate of drug-likeness (QED) is 0.340. The Bertz CT molecular complexity index is 1190. The van der Waals surface area contributed by atoms with Crippen LogP contribution >= 0.6 is 11.6 Å². The highest BCUT2D eigenvalue weighted by Gasteiger charge is 2.75. The molecule has 40 heavy (non-hydrogen) atoms. The van der Waals surface area contributed by atoms with Gasteiger partial charge in [-0.2, -0.15) is 0 Å². The molecule has 0 aliphatic carbocycles. The maximum atomic E-state index is 14.5. The summed E-state index contributed by atoms with van der Waals surface area (Å²) in [5, 5.41) is 9.75. The summed E-state index contributed by atoms with van der Waals surface area (Å²) in [6.45, 7) is 5.95. The lowest BCUT2D eigenvalue weighted by molar-refractivity contribution is -0.150. The average Bonchev–Trinajstić information content (AvgIpc) is 3.23. The van der Waals surface area contributed by atoms with Gasteiger partial charge in [0.05, 0.1) is 17.4 Å². The van der Waals surface area contributed by atoms with Gasteiger partial charge in [-0.15, -0.1) is 0 Å². The van der Waals surface area contributed by atoms with Crippen LogP contribution in [0.4, 0.5) is 5.69 Å². The largest absolute Gasteiger partial charge is 0.396 e. The van der Waals surface area contributed by atoms with Crippen LogP contribution < -0.4 is 4.90 Å². The Balaban J connectivity index is 1.58. The van der Waals surface area contributed by atoms with Gasteiger partial charge in [-0.3, -0.25) is 14.4 Å². The third-order valence-electron chi connectivity index (χ3n) is 8.96. The van der Waals surface area contributed by atoms with E-state index < -0.39 is 29.1 Å². The molecule has 4 aliphatic heterocycles. The number of fused-ring (bicyclic) bond motifs is 2. The summed E-state index contributed by atoms with van der Waals surface area (Å²) in [5.41, 5.74) is -1.53. The smallest absolute Gasteiger partial charge is 0.253 e. The van der Waals surface area contributed by atoms with Gasteiger partial charge in [0, 0.05) is 43.5 Å². The Morgan fingerprint density at radius 2 is 1.62 bits per heavy atom. The molecule has 1 spiro atoms. The van der Waals surface area contributed by atoms with Crippen LogP contribution in [0.1, 0.15) is 52.4 Å². The minimum Gasteiger partial charge on any atom is -0.396 e. The zero-order chi connectivity index (χ0) is 28.5. The maximum absolute atomic E-state index is 14.5. The van der Waals surface area contributed by atoms with Crippen molar-refractivity contribution in [3.8, 4) is 0 Å². The first-order valence-electron chi connectivity index (χ1n) is 14.7. The number of unbranched alkanes of at least 4 members (excludes halogenated alkanes) is 3. The second-order valence-electron chi connectivity index (χ2n) is 11.3. The van der Waals surface area contributed by atoms with E-state index in [4.69, 9.17) is 16.3 Å². The van der Waals surface area contributed by atoms with Crippen molar-refractivity contribution in [1.82, 2.24) is 9.80 Å². The lowest BCUT2D eigenvalue weighted by Gasteiger charge is -2.38. The fourth-order valence-electron chi connectivity index (χ4n) is 7.12. The van der Waals surface area contributed by atoms with E-state index in [1.54, 1.807) is 34.1 Å². The predicted octanol–water partition coefficient (Wildman–Crippen LogP) is 3.96. The van der Waals surface area contributed by atoms with Crippen LogP contribution in [0.25, 0.3) is 0 Å². The number of aliphatic hydroxyl groups is 1. The maximum Gasteiger partial charge on any atom is 0.253 e. The van der Waals surface area contributed by atoms with Gasteiger partial charge >= 0.3 is 0 Å². The van der Waals surface area contributed by atoms with Crippen LogP contribution in [0.3, 0.4) is 0 Å². The van der Waals surface area contributed by atoms with Crippen molar-refractivity contribution in [3.63, 3.8) is 0 Å². The molecule has 4 aliphatic rings. The molecule has 5 rings (SSSR count). The Hall–Kier alpha value is -2.68. The van der Waals surface area contributed by atoms with Crippen LogP contribution in [0.15, 0.2) is 48.6 Å². The fraction of sp³-hybridized carbons (Fsp3) is 0.581. The van der Waals surface area contributed by atoms with Crippen LogP contribution in [-0.2, 0) is 19.1 Å². The lowest BCUT2D eigenvalue weighted by atomic mass is 9.73. The minimum atomic E-state index is -1.25. The molecule has 0 saturated carbocycles. The van der Waals surface area contributed by atoms with E-state index in [9.17, 15) is 19.5 Å². The van der Waals surface area contributed by atoms with E-state index in [1.165, 1.54) is 0 Å². The monoisotopic (exact) mass is 569 g/mol. The van der Waals surface area contributed by atoms with Gasteiger partial charge in [-0.25, -0.2) is 0 Å². The molecule has 5 atom stereocenters. The first kappa shape index (κ1) is 28.8. The van der Waals surface area contributed by atoms with Crippen molar-refractivity contribution in [2.75, 3.05) is 37.7 Å². The van der Waals surface area contributed by atoms with Gasteiger partial charge in [-0.1, -0.05) is 62.6 Å². The Labute approximate surface area is 241 Å². The number of rotatable bonds is 10. The number of amides is 3. The van der Waals surface area contributed by atoms with Crippen molar-refractivity contribution in [2.24, 2.45) is 11.8 Å². The first-order valence-corrected chi connectivity index (χ1v) is 15.0. The number of likely N-dealkylation sites (tertiary alicyclic amines) is 1. The summed E-state index contributed by atoms with van der Waals surface area (Å²) in [5.74, 6) is -2.00. The zero-order valence-electron chi connectivity index (χ0n) is 23.4. The van der Waals surface area contributed by atoms with Crippen molar-refractivity contribution in [3.05, 3.63) is 53.6 Å². The van der Waals surface area contributed by atoms with Gasteiger partial charge in [-0.05, 0) is 49.9 Å². The molecule has 1 unspecified atom stereocenters. The van der Waals surface area contributed by atoms with E-state index in [0.29, 0.717) is 56.2 Å². The number of ether oxygens (including phenoxy) is 1. The number of hydrogen-bond acceptors (Lipinski definition) is 5. The first-order chi connectivity index (χ1) is 19.3. The second-order valence-corrected chi connectivity index (χ2v) is 11.7. The van der Waals surface area contributed by atoms with Crippen LogP contribution in [-0.4, -0.2) is 82.7 Å². The number of aliphatic hydroxyl groups excluding tert-OH is 1. The summed E-state index contributed by atoms with van der Waals surface area (Å²) in [6, 6.07) is 6.22. The van der Waals surface area contributed by atoms with Crippen LogP contribution in [0.5, 0.6) is 0 Å². The standard InChI is InChI=1S/C31H40ClN3O5/c1-3-17-33-18-9-15-30(4-2)24(27(33)37)25-28(38)35(19-7-5-6-8-21-36)26-29(39)34(20-10-16-31(25,26)40-30)23-13-11-22(32)12-14-23/h9-16,24-26,36H,3-8,17-21H2,1-2H3/t24-,25-,26?,30+,31-/m0/s1. The van der Waals surface area contributed by atoms with E-state index in [1.807, 2.05) is 43.1 Å². The van der Waals surface area contributed by atoms with Gasteiger partial charge in [0.1, 0.15) is 11.6 Å². The molecular formula is C31H40ClN3O5. The molecule has 4 heterocycles. The van der Waals surface area contributed by atoms with Gasteiger partial charge in [0.15, 0.2) is 0 Å². The zero-order valence-corrected chi connectivity index (χ0v) is 24.2. The number of carbonyl (C=O) groups excluding carboxylic acids is 3. The average molecular weight is 570 g/mol. The van der Waals surface area contributed by atoms with E-state index in [2.05, 4.69) is 0 Å². The van der Waals surface area contributed by atoms with Gasteiger partial charge in [0.25, 0.3) is 5.91 Å². The van der Waals surface area contributed by atoms with Crippen LogP contribution in [0, 0.1) is 11.8 Å². The topological polar surface area (TPSA) is 90.4 Å². The van der Waals surface area contributed by atoms with Crippen molar-refractivity contribution in [1.29, 1.82) is 0 Å². The predicted molar refractivity (Wildman–Crippen MR) is 154 cm³/mol. The summed E-state index contributed by atoms with van der Waals surface area (Å²) >= 11 is 6.13. The summed E-state index contributed by atoms with van der Waals surface area (Å²) < 4.78 is 7.01. The second kappa shape index (κ2) is 11.7. The molecule has 1 N–H and O–H groups in total. The molecule has 2 saturated heterocycles. The Kier molecular flexibility index (Phi) is 8.41. The highest BCUT2D eigenvalue weighted by molar-refractivity contribution is 6.30. The summed E-state index contributed by atoms with van der Waals surface area (Å²) in [6.07, 6.45) is 12.2. The number of anilines is 1. The molecule has 0 radical (unpaired) electrons. The lowest BCUT2D eigenvalue weighted by Crippen LogP contribution is -2.56. The SMILES string of the molecule is CCCN1CC=C[C@@]2(CC)O[C@]34C=CCN(c5ccc(Cl)cc5)C(=O)C3N(CCCCCCO)C(=O)[C@@H]4[C@H]2C1=O. The number of carbonyl (C=O) groups is 3. The van der Waals surface area contributed by atoms with E-state index in [0.717, 1.165) is 19.3 Å². The fourth-order valence-corrected chi connectivity index (χ4v) is 7.25. The summed E-state index contributed by atoms with van der Waals surface area (Å²) in [7, 11) is 0. The number of nitrogens with zero attached hydrogens (tertiary/aromatic N) is 3. The molecule has 1 aromatic carbocycles. The molecular weight excluding hydrogens is 530 g/mol.